The van der Waals surface area contributed by atoms with Gasteiger partial charge in [0.15, 0.2) is 5.78 Å². The van der Waals surface area contributed by atoms with Crippen molar-refractivity contribution in [1.82, 2.24) is 4.98 Å². The maximum atomic E-state index is 12.2. The predicted octanol–water partition coefficient (Wildman–Crippen LogP) is 3.43. The Balaban J connectivity index is 2.19. The van der Waals surface area contributed by atoms with Gasteiger partial charge in [0.25, 0.3) is 0 Å². The van der Waals surface area contributed by atoms with Crippen LogP contribution in [0.4, 0.5) is 0 Å². The van der Waals surface area contributed by atoms with Gasteiger partial charge in [0.05, 0.1) is 6.42 Å². The minimum Gasteiger partial charge on any atom is -0.294 e. The molecular weight excluding hydrogens is 222 g/mol. The number of nitrogens with zero attached hydrogens (tertiary/aromatic N) is 1. The van der Waals surface area contributed by atoms with E-state index in [9.17, 15) is 4.79 Å². The summed E-state index contributed by atoms with van der Waals surface area (Å²) in [5.41, 5.74) is 4.94. The summed E-state index contributed by atoms with van der Waals surface area (Å²) >= 11 is 0. The number of rotatable bonds is 3. The smallest absolute Gasteiger partial charge is 0.169 e. The maximum absolute atomic E-state index is 12.2. The molecule has 0 aliphatic carbocycles. The van der Waals surface area contributed by atoms with Crippen molar-refractivity contribution >= 4 is 5.78 Å². The average Bonchev–Trinajstić information content (AvgIpc) is 2.32. The van der Waals surface area contributed by atoms with E-state index in [2.05, 4.69) is 4.98 Å². The van der Waals surface area contributed by atoms with Crippen LogP contribution >= 0.6 is 0 Å². The number of hydrogen-bond acceptors (Lipinski definition) is 2. The first-order valence-corrected chi connectivity index (χ1v) is 6.08. The SMILES string of the molecule is Cc1ccc(CC(=O)c2ccc(C)cc2C)nc1. The lowest BCUT2D eigenvalue weighted by atomic mass is 9.99. The molecule has 0 aliphatic heterocycles. The summed E-state index contributed by atoms with van der Waals surface area (Å²) in [6, 6.07) is 9.81. The number of benzene rings is 1. The van der Waals surface area contributed by atoms with Crippen LogP contribution in [-0.2, 0) is 6.42 Å². The molecule has 0 aliphatic rings. The fourth-order valence-electron chi connectivity index (χ4n) is 1.99. The lowest BCUT2D eigenvalue weighted by molar-refractivity contribution is 0.0991. The molecular formula is C16H17NO. The Labute approximate surface area is 108 Å². The summed E-state index contributed by atoms with van der Waals surface area (Å²) in [6.45, 7) is 5.99. The number of aryl methyl sites for hydroxylation is 3. The Morgan fingerprint density at radius 1 is 1.06 bits per heavy atom. The molecule has 2 rings (SSSR count). The van der Waals surface area contributed by atoms with E-state index in [0.717, 1.165) is 22.4 Å². The van der Waals surface area contributed by atoms with E-state index in [1.165, 1.54) is 5.56 Å². The van der Waals surface area contributed by atoms with Crippen LogP contribution in [-0.4, -0.2) is 10.8 Å². The van der Waals surface area contributed by atoms with Crippen LogP contribution in [0.25, 0.3) is 0 Å². The zero-order valence-electron chi connectivity index (χ0n) is 11.0. The molecule has 2 heteroatoms. The van der Waals surface area contributed by atoms with Crippen molar-refractivity contribution in [2.75, 3.05) is 0 Å². The van der Waals surface area contributed by atoms with Crippen LogP contribution in [0.5, 0.6) is 0 Å². The Morgan fingerprint density at radius 3 is 2.39 bits per heavy atom. The van der Waals surface area contributed by atoms with Crippen LogP contribution in [0, 0.1) is 20.8 Å². The van der Waals surface area contributed by atoms with E-state index in [-0.39, 0.29) is 5.78 Å². The largest absolute Gasteiger partial charge is 0.294 e. The van der Waals surface area contributed by atoms with Crippen molar-refractivity contribution in [3.8, 4) is 0 Å². The predicted molar refractivity (Wildman–Crippen MR) is 72.9 cm³/mol. The third-order valence-electron chi connectivity index (χ3n) is 3.00. The number of Topliss-reactive ketones (excluding diaryl/α,β-unsaturated/α-hetero) is 1. The Morgan fingerprint density at radius 2 is 1.78 bits per heavy atom. The number of pyridine rings is 1. The molecule has 0 N–H and O–H groups in total. The molecule has 2 aromatic rings. The summed E-state index contributed by atoms with van der Waals surface area (Å²) in [7, 11) is 0. The summed E-state index contributed by atoms with van der Waals surface area (Å²) in [4.78, 5) is 16.5. The zero-order chi connectivity index (χ0) is 13.1. The fraction of sp³-hybridized carbons (Fsp3) is 0.250. The highest BCUT2D eigenvalue weighted by Gasteiger charge is 2.10. The molecule has 1 heterocycles. The Bertz CT molecular complexity index is 570. The molecule has 0 saturated heterocycles. The van der Waals surface area contributed by atoms with Crippen LogP contribution in [0.15, 0.2) is 36.5 Å². The van der Waals surface area contributed by atoms with E-state index < -0.39 is 0 Å². The standard InChI is InChI=1S/C16H17NO/c1-11-5-7-15(13(3)8-11)16(18)9-14-6-4-12(2)10-17-14/h4-8,10H,9H2,1-3H3. The maximum Gasteiger partial charge on any atom is 0.169 e. The second-order valence-electron chi connectivity index (χ2n) is 4.75. The lowest BCUT2D eigenvalue weighted by Gasteiger charge is -2.06. The fourth-order valence-corrected chi connectivity index (χ4v) is 1.99. The summed E-state index contributed by atoms with van der Waals surface area (Å²) in [6.07, 6.45) is 2.16. The second-order valence-corrected chi connectivity index (χ2v) is 4.75. The first-order chi connectivity index (χ1) is 8.56. The molecule has 1 aromatic carbocycles. The third kappa shape index (κ3) is 2.83. The molecule has 0 atom stereocenters. The second kappa shape index (κ2) is 5.13. The minimum absolute atomic E-state index is 0.129. The van der Waals surface area contributed by atoms with Crippen molar-refractivity contribution in [3.63, 3.8) is 0 Å². The zero-order valence-corrected chi connectivity index (χ0v) is 11.0. The molecule has 0 amide bonds. The lowest BCUT2D eigenvalue weighted by Crippen LogP contribution is -2.07. The third-order valence-corrected chi connectivity index (χ3v) is 3.00. The van der Waals surface area contributed by atoms with Gasteiger partial charge in [-0.05, 0) is 38.0 Å². The van der Waals surface area contributed by atoms with Crippen molar-refractivity contribution in [1.29, 1.82) is 0 Å². The van der Waals surface area contributed by atoms with Gasteiger partial charge in [-0.25, -0.2) is 0 Å². The first-order valence-electron chi connectivity index (χ1n) is 6.08. The molecule has 0 radical (unpaired) electrons. The number of carbonyl (C=O) groups excluding carboxylic acids is 1. The number of hydrogen-bond donors (Lipinski definition) is 0. The minimum atomic E-state index is 0.129. The number of carbonyl (C=O) groups is 1. The molecule has 0 fully saturated rings. The highest BCUT2D eigenvalue weighted by molar-refractivity contribution is 5.98. The van der Waals surface area contributed by atoms with E-state index in [1.807, 2.05) is 51.1 Å². The highest BCUT2D eigenvalue weighted by atomic mass is 16.1. The monoisotopic (exact) mass is 239 g/mol. The number of ketones is 1. The Kier molecular flexibility index (Phi) is 3.56. The van der Waals surface area contributed by atoms with Gasteiger partial charge in [0, 0.05) is 17.5 Å². The van der Waals surface area contributed by atoms with Crippen LogP contribution < -0.4 is 0 Å². The van der Waals surface area contributed by atoms with Crippen molar-refractivity contribution in [2.24, 2.45) is 0 Å². The normalized spacial score (nSPS) is 10.4. The van der Waals surface area contributed by atoms with Crippen molar-refractivity contribution < 1.29 is 4.79 Å². The first kappa shape index (κ1) is 12.5. The van der Waals surface area contributed by atoms with Crippen molar-refractivity contribution in [3.05, 3.63) is 64.5 Å². The van der Waals surface area contributed by atoms with Gasteiger partial charge in [0.2, 0.25) is 0 Å². The van der Waals surface area contributed by atoms with Gasteiger partial charge < -0.3 is 0 Å². The average molecular weight is 239 g/mol. The molecule has 1 aromatic heterocycles. The van der Waals surface area contributed by atoms with Gasteiger partial charge in [-0.1, -0.05) is 29.8 Å². The molecule has 0 unspecified atom stereocenters. The summed E-state index contributed by atoms with van der Waals surface area (Å²) in [5.74, 6) is 0.129. The molecule has 18 heavy (non-hydrogen) atoms. The van der Waals surface area contributed by atoms with E-state index in [4.69, 9.17) is 0 Å². The molecule has 0 spiro atoms. The summed E-state index contributed by atoms with van der Waals surface area (Å²) in [5, 5.41) is 0. The van der Waals surface area contributed by atoms with Gasteiger partial charge in [-0.2, -0.15) is 0 Å². The van der Waals surface area contributed by atoms with Gasteiger partial charge >= 0.3 is 0 Å². The molecule has 0 bridgehead atoms. The highest BCUT2D eigenvalue weighted by Crippen LogP contribution is 2.13. The molecule has 2 nitrogen and oxygen atoms in total. The molecule has 0 saturated carbocycles. The topological polar surface area (TPSA) is 30.0 Å². The van der Waals surface area contributed by atoms with E-state index in [1.54, 1.807) is 6.20 Å². The summed E-state index contributed by atoms with van der Waals surface area (Å²) < 4.78 is 0. The molecule has 92 valence electrons. The van der Waals surface area contributed by atoms with E-state index in [0.29, 0.717) is 6.42 Å². The van der Waals surface area contributed by atoms with Crippen LogP contribution in [0.3, 0.4) is 0 Å². The Hall–Kier alpha value is -1.96. The van der Waals surface area contributed by atoms with Gasteiger partial charge in [0.1, 0.15) is 0 Å². The number of aromatic nitrogens is 1. The van der Waals surface area contributed by atoms with Crippen LogP contribution in [0.1, 0.15) is 32.7 Å². The van der Waals surface area contributed by atoms with Gasteiger partial charge in [-0.15, -0.1) is 0 Å². The van der Waals surface area contributed by atoms with Crippen LogP contribution in [0.2, 0.25) is 0 Å². The van der Waals surface area contributed by atoms with Gasteiger partial charge in [-0.3, -0.25) is 9.78 Å². The quantitative estimate of drug-likeness (QED) is 0.768. The van der Waals surface area contributed by atoms with Crippen molar-refractivity contribution in [2.45, 2.75) is 27.2 Å². The van der Waals surface area contributed by atoms with E-state index >= 15 is 0 Å².